The van der Waals surface area contributed by atoms with Crippen LogP contribution in [0.2, 0.25) is 0 Å². The molecule has 0 saturated carbocycles. The van der Waals surface area contributed by atoms with Crippen LogP contribution in [0.1, 0.15) is 27.2 Å². The summed E-state index contributed by atoms with van der Waals surface area (Å²) >= 11 is 0. The second-order valence-electron chi connectivity index (χ2n) is 5.98. The molecule has 1 aromatic rings. The molecule has 1 aliphatic rings. The van der Waals surface area contributed by atoms with Crippen LogP contribution in [-0.4, -0.2) is 32.3 Å². The van der Waals surface area contributed by atoms with Gasteiger partial charge < -0.3 is 15.0 Å². The zero-order valence-corrected chi connectivity index (χ0v) is 12.6. The van der Waals surface area contributed by atoms with Gasteiger partial charge in [-0.2, -0.15) is 0 Å². The summed E-state index contributed by atoms with van der Waals surface area (Å²) in [7, 11) is 2.03. The molecule has 0 spiro atoms. The number of rotatable bonds is 5. The molecule has 106 valence electrons. The first-order valence-electron chi connectivity index (χ1n) is 7.22. The SMILES string of the molecule is CCOc1ccc(N2CC(CNC)CC2(C)C)cc1. The molecule has 0 aromatic heterocycles. The Kier molecular flexibility index (Phi) is 4.35. The van der Waals surface area contributed by atoms with Crippen LogP contribution in [0.15, 0.2) is 24.3 Å². The highest BCUT2D eigenvalue weighted by molar-refractivity contribution is 5.52. The van der Waals surface area contributed by atoms with Gasteiger partial charge in [0.15, 0.2) is 0 Å². The monoisotopic (exact) mass is 262 g/mol. The van der Waals surface area contributed by atoms with Crippen LogP contribution >= 0.6 is 0 Å². The lowest BCUT2D eigenvalue weighted by molar-refractivity contribution is 0.340. The van der Waals surface area contributed by atoms with Crippen LogP contribution in [-0.2, 0) is 0 Å². The van der Waals surface area contributed by atoms with Gasteiger partial charge in [-0.15, -0.1) is 0 Å². The second-order valence-corrected chi connectivity index (χ2v) is 5.98. The normalized spacial score (nSPS) is 21.7. The van der Waals surface area contributed by atoms with Gasteiger partial charge in [-0.3, -0.25) is 0 Å². The molecule has 1 unspecified atom stereocenters. The predicted octanol–water partition coefficient (Wildman–Crippen LogP) is 2.91. The highest BCUT2D eigenvalue weighted by Gasteiger charge is 2.37. The van der Waals surface area contributed by atoms with Crippen molar-refractivity contribution in [2.75, 3.05) is 31.6 Å². The van der Waals surface area contributed by atoms with E-state index < -0.39 is 0 Å². The van der Waals surface area contributed by atoms with Gasteiger partial charge in [0, 0.05) is 17.8 Å². The molecule has 0 amide bonds. The van der Waals surface area contributed by atoms with Crippen LogP contribution in [0.25, 0.3) is 0 Å². The van der Waals surface area contributed by atoms with Crippen molar-refractivity contribution in [2.45, 2.75) is 32.7 Å². The summed E-state index contributed by atoms with van der Waals surface area (Å²) in [6.45, 7) is 9.62. The topological polar surface area (TPSA) is 24.5 Å². The van der Waals surface area contributed by atoms with Gasteiger partial charge in [0.05, 0.1) is 6.61 Å². The standard InChI is InChI=1S/C16H26N2O/c1-5-19-15-8-6-14(7-9-15)18-12-13(11-17-4)10-16(18,2)3/h6-9,13,17H,5,10-12H2,1-4H3. The molecule has 0 aliphatic carbocycles. The predicted molar refractivity (Wildman–Crippen MR) is 81.1 cm³/mol. The highest BCUT2D eigenvalue weighted by atomic mass is 16.5. The van der Waals surface area contributed by atoms with Gasteiger partial charge in [-0.1, -0.05) is 0 Å². The zero-order valence-electron chi connectivity index (χ0n) is 12.6. The lowest BCUT2D eigenvalue weighted by atomic mass is 9.96. The van der Waals surface area contributed by atoms with Crippen molar-refractivity contribution < 1.29 is 4.74 Å². The van der Waals surface area contributed by atoms with E-state index in [9.17, 15) is 0 Å². The van der Waals surface area contributed by atoms with E-state index in [4.69, 9.17) is 4.74 Å². The fourth-order valence-corrected chi connectivity index (χ4v) is 3.16. The Bertz CT molecular complexity index is 400. The maximum atomic E-state index is 5.51. The fourth-order valence-electron chi connectivity index (χ4n) is 3.16. The molecule has 1 aromatic carbocycles. The Morgan fingerprint density at radius 1 is 1.32 bits per heavy atom. The summed E-state index contributed by atoms with van der Waals surface area (Å²) in [4.78, 5) is 2.52. The average molecular weight is 262 g/mol. The molecule has 1 aliphatic heterocycles. The minimum atomic E-state index is 0.231. The summed E-state index contributed by atoms with van der Waals surface area (Å²) in [5.41, 5.74) is 1.53. The number of ether oxygens (including phenoxy) is 1. The summed E-state index contributed by atoms with van der Waals surface area (Å²) in [6.07, 6.45) is 1.24. The molecule has 1 fully saturated rings. The van der Waals surface area contributed by atoms with Crippen LogP contribution in [0, 0.1) is 5.92 Å². The molecule has 2 rings (SSSR count). The van der Waals surface area contributed by atoms with E-state index in [1.165, 1.54) is 12.1 Å². The van der Waals surface area contributed by atoms with E-state index in [1.54, 1.807) is 0 Å². The van der Waals surface area contributed by atoms with E-state index >= 15 is 0 Å². The number of hydrogen-bond donors (Lipinski definition) is 1. The minimum absolute atomic E-state index is 0.231. The van der Waals surface area contributed by atoms with Crippen molar-refractivity contribution >= 4 is 5.69 Å². The van der Waals surface area contributed by atoms with Crippen molar-refractivity contribution in [2.24, 2.45) is 5.92 Å². The average Bonchev–Trinajstić information content (AvgIpc) is 2.66. The molecule has 1 atom stereocenters. The molecule has 3 nitrogen and oxygen atoms in total. The van der Waals surface area contributed by atoms with E-state index in [1.807, 2.05) is 14.0 Å². The third-order valence-electron chi connectivity index (χ3n) is 3.91. The third kappa shape index (κ3) is 3.21. The highest BCUT2D eigenvalue weighted by Crippen LogP contribution is 2.37. The first-order chi connectivity index (χ1) is 9.06. The van der Waals surface area contributed by atoms with E-state index in [0.717, 1.165) is 31.4 Å². The lowest BCUT2D eigenvalue weighted by Gasteiger charge is -2.33. The summed E-state index contributed by atoms with van der Waals surface area (Å²) in [5.74, 6) is 1.68. The van der Waals surface area contributed by atoms with Gasteiger partial charge in [-0.05, 0) is 71.0 Å². The maximum Gasteiger partial charge on any atom is 0.119 e. The van der Waals surface area contributed by atoms with Gasteiger partial charge in [0.2, 0.25) is 0 Å². The molecular weight excluding hydrogens is 236 g/mol. The molecule has 1 saturated heterocycles. The van der Waals surface area contributed by atoms with Crippen molar-refractivity contribution in [1.82, 2.24) is 5.32 Å². The van der Waals surface area contributed by atoms with E-state index in [2.05, 4.69) is 48.3 Å². The molecule has 3 heteroatoms. The van der Waals surface area contributed by atoms with Crippen LogP contribution in [0.3, 0.4) is 0 Å². The Morgan fingerprint density at radius 3 is 2.58 bits per heavy atom. The second kappa shape index (κ2) is 5.83. The number of nitrogens with zero attached hydrogens (tertiary/aromatic N) is 1. The van der Waals surface area contributed by atoms with Crippen molar-refractivity contribution in [3.8, 4) is 5.75 Å². The van der Waals surface area contributed by atoms with Crippen molar-refractivity contribution in [3.63, 3.8) is 0 Å². The van der Waals surface area contributed by atoms with Crippen molar-refractivity contribution in [1.29, 1.82) is 0 Å². The van der Waals surface area contributed by atoms with Gasteiger partial charge in [-0.25, -0.2) is 0 Å². The quantitative estimate of drug-likeness (QED) is 0.883. The molecular formula is C16H26N2O. The van der Waals surface area contributed by atoms with Crippen LogP contribution < -0.4 is 15.0 Å². The number of hydrogen-bond acceptors (Lipinski definition) is 3. The zero-order chi connectivity index (χ0) is 13.9. The Labute approximate surface area is 116 Å². The first kappa shape index (κ1) is 14.2. The smallest absolute Gasteiger partial charge is 0.119 e. The van der Waals surface area contributed by atoms with Crippen LogP contribution in [0.5, 0.6) is 5.75 Å². The molecule has 0 bridgehead atoms. The number of anilines is 1. The molecule has 1 heterocycles. The summed E-state index contributed by atoms with van der Waals surface area (Å²) in [6, 6.07) is 8.49. The van der Waals surface area contributed by atoms with Gasteiger partial charge >= 0.3 is 0 Å². The summed E-state index contributed by atoms with van der Waals surface area (Å²) < 4.78 is 5.51. The fraction of sp³-hybridized carbons (Fsp3) is 0.625. The molecule has 1 N–H and O–H groups in total. The Balaban J connectivity index is 2.11. The lowest BCUT2D eigenvalue weighted by Crippen LogP contribution is -2.38. The van der Waals surface area contributed by atoms with E-state index in [-0.39, 0.29) is 5.54 Å². The van der Waals surface area contributed by atoms with Gasteiger partial charge in [0.25, 0.3) is 0 Å². The molecule has 19 heavy (non-hydrogen) atoms. The minimum Gasteiger partial charge on any atom is -0.494 e. The number of benzene rings is 1. The van der Waals surface area contributed by atoms with E-state index in [0.29, 0.717) is 0 Å². The maximum absolute atomic E-state index is 5.51. The van der Waals surface area contributed by atoms with Crippen molar-refractivity contribution in [3.05, 3.63) is 24.3 Å². The first-order valence-corrected chi connectivity index (χ1v) is 7.22. The largest absolute Gasteiger partial charge is 0.494 e. The third-order valence-corrected chi connectivity index (χ3v) is 3.91. The number of nitrogens with one attached hydrogen (secondary N) is 1. The Hall–Kier alpha value is -1.22. The Morgan fingerprint density at radius 2 is 2.00 bits per heavy atom. The van der Waals surface area contributed by atoms with Crippen LogP contribution in [0.4, 0.5) is 5.69 Å². The van der Waals surface area contributed by atoms with Gasteiger partial charge in [0.1, 0.15) is 5.75 Å². The summed E-state index contributed by atoms with van der Waals surface area (Å²) in [5, 5.41) is 3.30. The molecule has 0 radical (unpaired) electrons.